The van der Waals surface area contributed by atoms with Crippen molar-refractivity contribution >= 4 is 17.7 Å². The van der Waals surface area contributed by atoms with E-state index in [1.807, 2.05) is 16.7 Å². The Morgan fingerprint density at radius 1 is 1.21 bits per heavy atom. The van der Waals surface area contributed by atoms with Gasteiger partial charge in [-0.05, 0) is 87.2 Å². The highest BCUT2D eigenvalue weighted by Gasteiger charge is 2.53. The van der Waals surface area contributed by atoms with Crippen molar-refractivity contribution in [2.24, 2.45) is 23.2 Å². The van der Waals surface area contributed by atoms with Crippen LogP contribution < -0.4 is 5.32 Å². The largest absolute Gasteiger partial charge is 0.352 e. The molecule has 6 heteroatoms. The lowest BCUT2D eigenvalue weighted by Crippen LogP contribution is -2.56. The van der Waals surface area contributed by atoms with Gasteiger partial charge in [-0.3, -0.25) is 9.36 Å². The molecule has 4 aliphatic rings. The van der Waals surface area contributed by atoms with Gasteiger partial charge >= 0.3 is 0 Å². The maximum atomic E-state index is 12.8. The Morgan fingerprint density at radius 3 is 2.52 bits per heavy atom. The Bertz CT molecular complexity index is 873. The highest BCUT2D eigenvalue weighted by molar-refractivity contribution is 7.99. The van der Waals surface area contributed by atoms with Gasteiger partial charge in [-0.1, -0.05) is 30.0 Å². The Hall–Kier alpha value is -1.82. The lowest BCUT2D eigenvalue weighted by molar-refractivity contribution is -0.123. The summed E-state index contributed by atoms with van der Waals surface area (Å²) < 4.78 is 1.97. The zero-order valence-electron chi connectivity index (χ0n) is 17.3. The van der Waals surface area contributed by atoms with Crippen LogP contribution in [0.15, 0.2) is 35.7 Å². The van der Waals surface area contributed by atoms with E-state index < -0.39 is 0 Å². The van der Waals surface area contributed by atoms with E-state index in [0.29, 0.717) is 11.2 Å². The Balaban J connectivity index is 1.22. The van der Waals surface area contributed by atoms with Crippen LogP contribution >= 0.6 is 11.8 Å². The van der Waals surface area contributed by atoms with Crippen LogP contribution in [-0.4, -0.2) is 32.5 Å². The van der Waals surface area contributed by atoms with E-state index in [0.717, 1.165) is 34.2 Å². The van der Waals surface area contributed by atoms with Crippen molar-refractivity contribution in [2.45, 2.75) is 63.6 Å². The van der Waals surface area contributed by atoms with Crippen LogP contribution in [-0.2, 0) is 4.79 Å². The van der Waals surface area contributed by atoms with Gasteiger partial charge in [0.25, 0.3) is 0 Å². The van der Waals surface area contributed by atoms with Gasteiger partial charge in [0.1, 0.15) is 6.33 Å². The fourth-order valence-electron chi connectivity index (χ4n) is 6.60. The smallest absolute Gasteiger partial charge is 0.230 e. The summed E-state index contributed by atoms with van der Waals surface area (Å²) in [6.07, 6.45) is 9.97. The molecule has 0 spiro atoms. The standard InChI is InChI=1S/C23H30N4OS/c1-15-5-3-4-6-20(15)27-14-24-26-22(27)29-13-21(28)25-16(2)23-10-17-7-18(11-23)9-19(8-17)12-23/h3-6,14,16-19H,7-13H2,1-2H3,(H,25,28)/t16-,17?,18?,19?,23?/m1/s1. The maximum absolute atomic E-state index is 12.8. The molecule has 4 bridgehead atoms. The Morgan fingerprint density at radius 2 is 1.86 bits per heavy atom. The van der Waals surface area contributed by atoms with Crippen LogP contribution in [0.3, 0.4) is 0 Å². The van der Waals surface area contributed by atoms with E-state index in [2.05, 4.69) is 41.5 Å². The number of carbonyl (C=O) groups is 1. The summed E-state index contributed by atoms with van der Waals surface area (Å²) in [5.41, 5.74) is 2.56. The van der Waals surface area contributed by atoms with Gasteiger partial charge in [-0.25, -0.2) is 0 Å². The van der Waals surface area contributed by atoms with Crippen LogP contribution in [0.5, 0.6) is 0 Å². The molecule has 1 amide bonds. The second-order valence-corrected chi connectivity index (χ2v) is 10.6. The fraction of sp³-hybridized carbons (Fsp3) is 0.609. The summed E-state index contributed by atoms with van der Waals surface area (Å²) in [6.45, 7) is 4.31. The van der Waals surface area contributed by atoms with Crippen LogP contribution in [0.2, 0.25) is 0 Å². The van der Waals surface area contributed by atoms with Crippen LogP contribution in [0.1, 0.15) is 51.0 Å². The number of hydrogen-bond donors (Lipinski definition) is 1. The third-order valence-electron chi connectivity index (χ3n) is 7.61. The predicted molar refractivity (Wildman–Crippen MR) is 115 cm³/mol. The highest BCUT2D eigenvalue weighted by Crippen LogP contribution is 2.61. The number of thioether (sulfide) groups is 1. The SMILES string of the molecule is Cc1ccccc1-n1cnnc1SCC(=O)N[C@H](C)C12CC3CC(CC(C3)C1)C2. The lowest BCUT2D eigenvalue weighted by atomic mass is 9.48. The maximum Gasteiger partial charge on any atom is 0.230 e. The number of amides is 1. The third-order valence-corrected chi connectivity index (χ3v) is 8.55. The molecular weight excluding hydrogens is 380 g/mol. The van der Waals surface area contributed by atoms with Crippen molar-refractivity contribution in [2.75, 3.05) is 5.75 Å². The van der Waals surface area contributed by atoms with Crippen LogP contribution in [0.25, 0.3) is 5.69 Å². The molecule has 0 saturated heterocycles. The second-order valence-electron chi connectivity index (χ2n) is 9.63. The van der Waals surface area contributed by atoms with E-state index in [1.165, 1.54) is 50.3 Å². The number of rotatable bonds is 6. The number of nitrogens with zero attached hydrogens (tertiary/aromatic N) is 3. The van der Waals surface area contributed by atoms with Gasteiger partial charge in [0.05, 0.1) is 11.4 Å². The van der Waals surface area contributed by atoms with Gasteiger partial charge in [-0.2, -0.15) is 0 Å². The first-order valence-corrected chi connectivity index (χ1v) is 11.9. The first-order chi connectivity index (χ1) is 14.0. The van der Waals surface area contributed by atoms with Gasteiger partial charge < -0.3 is 5.32 Å². The Labute approximate surface area is 177 Å². The molecule has 1 atom stereocenters. The van der Waals surface area contributed by atoms with Crippen molar-refractivity contribution < 1.29 is 4.79 Å². The summed E-state index contributed by atoms with van der Waals surface area (Å²) in [5, 5.41) is 12.4. The highest BCUT2D eigenvalue weighted by atomic mass is 32.2. The van der Waals surface area contributed by atoms with Crippen molar-refractivity contribution in [3.63, 3.8) is 0 Å². The number of aromatic nitrogens is 3. The number of hydrogen-bond acceptors (Lipinski definition) is 4. The molecule has 6 rings (SSSR count). The lowest BCUT2D eigenvalue weighted by Gasteiger charge is -2.59. The number of nitrogens with one attached hydrogen (secondary N) is 1. The molecule has 4 fully saturated rings. The molecule has 0 unspecified atom stereocenters. The quantitative estimate of drug-likeness (QED) is 0.718. The molecule has 1 N–H and O–H groups in total. The second kappa shape index (κ2) is 7.46. The third kappa shape index (κ3) is 3.60. The zero-order chi connectivity index (χ0) is 20.0. The molecular formula is C23H30N4OS. The molecule has 4 aliphatic carbocycles. The van der Waals surface area contributed by atoms with E-state index in [1.54, 1.807) is 6.33 Å². The van der Waals surface area contributed by atoms with E-state index >= 15 is 0 Å². The number of para-hydroxylation sites is 1. The normalized spacial score (nSPS) is 31.0. The summed E-state index contributed by atoms with van der Waals surface area (Å²) >= 11 is 1.46. The van der Waals surface area contributed by atoms with E-state index in [9.17, 15) is 4.79 Å². The van der Waals surface area contributed by atoms with Gasteiger partial charge in [0.2, 0.25) is 5.91 Å². The summed E-state index contributed by atoms with van der Waals surface area (Å²) in [5.74, 6) is 3.20. The average molecular weight is 411 g/mol. The average Bonchev–Trinajstić information content (AvgIpc) is 3.14. The molecule has 29 heavy (non-hydrogen) atoms. The summed E-state index contributed by atoms with van der Waals surface area (Å²) in [6, 6.07) is 8.42. The van der Waals surface area contributed by atoms with Crippen molar-refractivity contribution in [3.8, 4) is 5.69 Å². The molecule has 0 radical (unpaired) electrons. The minimum Gasteiger partial charge on any atom is -0.352 e. The number of benzene rings is 1. The minimum atomic E-state index is 0.109. The van der Waals surface area contributed by atoms with Gasteiger partial charge in [0, 0.05) is 6.04 Å². The minimum absolute atomic E-state index is 0.109. The molecule has 1 heterocycles. The molecule has 1 aromatic carbocycles. The molecule has 154 valence electrons. The Kier molecular flexibility index (Phi) is 4.93. The molecule has 2 aromatic rings. The molecule has 5 nitrogen and oxygen atoms in total. The van der Waals surface area contributed by atoms with Crippen molar-refractivity contribution in [1.29, 1.82) is 0 Å². The number of aryl methyl sites for hydroxylation is 1. The fourth-order valence-corrected chi connectivity index (χ4v) is 7.33. The zero-order valence-corrected chi connectivity index (χ0v) is 18.1. The molecule has 1 aromatic heterocycles. The summed E-state index contributed by atoms with van der Waals surface area (Å²) in [4.78, 5) is 12.8. The first kappa shape index (κ1) is 19.2. The number of carbonyl (C=O) groups excluding carboxylic acids is 1. The van der Waals surface area contributed by atoms with E-state index in [4.69, 9.17) is 0 Å². The van der Waals surface area contributed by atoms with Crippen molar-refractivity contribution in [1.82, 2.24) is 20.1 Å². The predicted octanol–water partition coefficient (Wildman–Crippen LogP) is 4.39. The summed E-state index contributed by atoms with van der Waals surface area (Å²) in [7, 11) is 0. The van der Waals surface area contributed by atoms with Crippen LogP contribution in [0, 0.1) is 30.1 Å². The monoisotopic (exact) mass is 410 g/mol. The topological polar surface area (TPSA) is 59.8 Å². The van der Waals surface area contributed by atoms with Gasteiger partial charge in [-0.15, -0.1) is 10.2 Å². The van der Waals surface area contributed by atoms with Crippen molar-refractivity contribution in [3.05, 3.63) is 36.2 Å². The molecule has 4 saturated carbocycles. The van der Waals surface area contributed by atoms with Crippen LogP contribution in [0.4, 0.5) is 0 Å². The van der Waals surface area contributed by atoms with Gasteiger partial charge in [0.15, 0.2) is 5.16 Å². The molecule has 0 aliphatic heterocycles. The van der Waals surface area contributed by atoms with E-state index in [-0.39, 0.29) is 11.9 Å². The first-order valence-electron chi connectivity index (χ1n) is 10.9.